The maximum absolute atomic E-state index is 13.8. The van der Waals surface area contributed by atoms with Crippen LogP contribution in [-0.4, -0.2) is 50.5 Å². The van der Waals surface area contributed by atoms with Crippen LogP contribution in [-0.2, 0) is 32.6 Å². The molecule has 40 heavy (non-hydrogen) atoms. The quantitative estimate of drug-likeness (QED) is 0.277. The molecule has 0 saturated carbocycles. The summed E-state index contributed by atoms with van der Waals surface area (Å²) < 4.78 is 26.7. The highest BCUT2D eigenvalue weighted by atomic mass is 35.5. The lowest BCUT2D eigenvalue weighted by molar-refractivity contribution is -0.141. The number of sulfonamides is 1. The van der Waals surface area contributed by atoms with Gasteiger partial charge in [-0.2, -0.15) is 0 Å². The van der Waals surface area contributed by atoms with E-state index in [0.29, 0.717) is 23.7 Å². The lowest BCUT2D eigenvalue weighted by Gasteiger charge is -2.32. The summed E-state index contributed by atoms with van der Waals surface area (Å²) in [6, 6.07) is 23.6. The minimum atomic E-state index is -3.62. The molecule has 214 valence electrons. The molecule has 0 saturated heterocycles. The number of rotatable bonds is 14. The lowest BCUT2D eigenvalue weighted by atomic mass is 10.0. The van der Waals surface area contributed by atoms with Gasteiger partial charge in [0.05, 0.1) is 11.9 Å². The van der Waals surface area contributed by atoms with Crippen LogP contribution in [0.2, 0.25) is 5.02 Å². The molecule has 0 aliphatic rings. The third-order valence-electron chi connectivity index (χ3n) is 6.61. The minimum absolute atomic E-state index is 0.0742. The summed E-state index contributed by atoms with van der Waals surface area (Å²) in [5.41, 5.74) is 3.11. The average molecular weight is 584 g/mol. The van der Waals surface area contributed by atoms with E-state index in [1.807, 2.05) is 74.5 Å². The van der Waals surface area contributed by atoms with Gasteiger partial charge >= 0.3 is 0 Å². The van der Waals surface area contributed by atoms with Crippen molar-refractivity contribution in [1.82, 2.24) is 10.2 Å². The molecule has 0 bridgehead atoms. The Hall–Kier alpha value is -3.36. The van der Waals surface area contributed by atoms with Gasteiger partial charge in [0.1, 0.15) is 6.04 Å². The third kappa shape index (κ3) is 9.10. The van der Waals surface area contributed by atoms with Gasteiger partial charge in [-0.3, -0.25) is 13.9 Å². The number of hydrogen-bond acceptors (Lipinski definition) is 4. The van der Waals surface area contributed by atoms with Gasteiger partial charge in [-0.15, -0.1) is 0 Å². The van der Waals surface area contributed by atoms with Crippen LogP contribution in [0.15, 0.2) is 78.9 Å². The first-order valence-corrected chi connectivity index (χ1v) is 15.7. The molecule has 0 spiro atoms. The van der Waals surface area contributed by atoms with E-state index in [9.17, 15) is 18.0 Å². The van der Waals surface area contributed by atoms with Gasteiger partial charge < -0.3 is 10.2 Å². The van der Waals surface area contributed by atoms with Crippen LogP contribution in [0, 0.1) is 6.92 Å². The zero-order valence-corrected chi connectivity index (χ0v) is 24.9. The van der Waals surface area contributed by atoms with Crippen molar-refractivity contribution in [3.05, 3.63) is 101 Å². The van der Waals surface area contributed by atoms with Gasteiger partial charge in [0.25, 0.3) is 0 Å². The number of benzene rings is 3. The predicted octanol–water partition coefficient (Wildman–Crippen LogP) is 5.36. The van der Waals surface area contributed by atoms with Crippen LogP contribution in [0.4, 0.5) is 5.69 Å². The highest BCUT2D eigenvalue weighted by Gasteiger charge is 2.30. The Bertz CT molecular complexity index is 1370. The second kappa shape index (κ2) is 14.9. The molecule has 1 N–H and O–H groups in total. The molecule has 0 aliphatic heterocycles. The van der Waals surface area contributed by atoms with E-state index in [1.165, 1.54) is 4.31 Å². The number of carbonyl (C=O) groups is 2. The molecule has 2 amide bonds. The molecule has 0 unspecified atom stereocenters. The third-order valence-corrected chi connectivity index (χ3v) is 8.02. The van der Waals surface area contributed by atoms with E-state index >= 15 is 0 Å². The Morgan fingerprint density at radius 3 is 2.17 bits per heavy atom. The van der Waals surface area contributed by atoms with Crippen molar-refractivity contribution in [2.24, 2.45) is 0 Å². The molecular weight excluding hydrogens is 546 g/mol. The second-order valence-electron chi connectivity index (χ2n) is 9.87. The van der Waals surface area contributed by atoms with Crippen molar-refractivity contribution in [1.29, 1.82) is 0 Å². The zero-order chi connectivity index (χ0) is 29.1. The van der Waals surface area contributed by atoms with Crippen molar-refractivity contribution < 1.29 is 18.0 Å². The molecule has 9 heteroatoms. The summed E-state index contributed by atoms with van der Waals surface area (Å²) in [7, 11) is -3.62. The number of nitrogens with one attached hydrogen (secondary N) is 1. The number of halogens is 1. The van der Waals surface area contributed by atoms with Gasteiger partial charge in [0.15, 0.2) is 0 Å². The second-order valence-corrected chi connectivity index (χ2v) is 12.2. The smallest absolute Gasteiger partial charge is 0.243 e. The molecule has 3 aromatic carbocycles. The van der Waals surface area contributed by atoms with Crippen molar-refractivity contribution in [2.75, 3.05) is 23.7 Å². The number of hydrogen-bond donors (Lipinski definition) is 1. The molecule has 0 aliphatic carbocycles. The zero-order valence-electron chi connectivity index (χ0n) is 23.3. The Morgan fingerprint density at radius 2 is 1.57 bits per heavy atom. The number of carbonyl (C=O) groups excluding carboxylic acids is 2. The van der Waals surface area contributed by atoms with Crippen molar-refractivity contribution in [3.8, 4) is 0 Å². The summed E-state index contributed by atoms with van der Waals surface area (Å²) in [5, 5.41) is 3.40. The molecule has 0 aromatic heterocycles. The molecular formula is C31H38ClN3O4S. The Labute approximate surface area is 243 Å². The van der Waals surface area contributed by atoms with Crippen molar-refractivity contribution >= 4 is 39.1 Å². The molecule has 3 aromatic rings. The van der Waals surface area contributed by atoms with Crippen LogP contribution in [0.1, 0.15) is 42.9 Å². The van der Waals surface area contributed by atoms with Gasteiger partial charge in [-0.1, -0.05) is 85.3 Å². The normalized spacial score (nSPS) is 12.0. The summed E-state index contributed by atoms with van der Waals surface area (Å²) in [4.78, 5) is 28.8. The van der Waals surface area contributed by atoms with Crippen LogP contribution in [0.25, 0.3) is 0 Å². The molecule has 0 fully saturated rings. The molecule has 0 radical (unpaired) electrons. The number of anilines is 1. The Morgan fingerprint density at radius 1 is 0.950 bits per heavy atom. The van der Waals surface area contributed by atoms with Crippen LogP contribution >= 0.6 is 11.6 Å². The molecule has 7 nitrogen and oxygen atoms in total. The van der Waals surface area contributed by atoms with Crippen molar-refractivity contribution in [3.63, 3.8) is 0 Å². The monoisotopic (exact) mass is 583 g/mol. The van der Waals surface area contributed by atoms with Crippen LogP contribution in [0.3, 0.4) is 0 Å². The molecule has 1 atom stereocenters. The van der Waals surface area contributed by atoms with E-state index in [4.69, 9.17) is 11.6 Å². The first-order chi connectivity index (χ1) is 19.1. The van der Waals surface area contributed by atoms with Gasteiger partial charge in [0, 0.05) is 37.5 Å². The van der Waals surface area contributed by atoms with E-state index in [2.05, 4.69) is 5.32 Å². The summed E-state index contributed by atoms with van der Waals surface area (Å²) in [5.74, 6) is -0.421. The van der Waals surface area contributed by atoms with Gasteiger partial charge in [-0.05, 0) is 48.6 Å². The standard InChI is InChI=1S/C31H38ClN3O4S/c1-4-19-33-31(37)29(21-25-12-7-5-8-13-25)34(23-26-14-9-6-10-15-26)30(36)16-11-20-35(40(3,38)39)28-22-27(32)18-17-24(28)2/h5-10,12-15,17-18,22,29H,4,11,16,19-21,23H2,1-3H3,(H,33,37)/t29-/m0/s1. The minimum Gasteiger partial charge on any atom is -0.354 e. The summed E-state index contributed by atoms with van der Waals surface area (Å²) >= 11 is 6.16. The number of aryl methyl sites for hydroxylation is 1. The Kier molecular flexibility index (Phi) is 11.6. The maximum Gasteiger partial charge on any atom is 0.243 e. The summed E-state index contributed by atoms with van der Waals surface area (Å²) in [6.45, 7) is 4.68. The fourth-order valence-corrected chi connectivity index (χ4v) is 5.71. The van der Waals surface area contributed by atoms with E-state index < -0.39 is 16.1 Å². The van der Waals surface area contributed by atoms with Crippen molar-refractivity contribution in [2.45, 2.75) is 52.1 Å². The maximum atomic E-state index is 13.8. The highest BCUT2D eigenvalue weighted by molar-refractivity contribution is 7.92. The van der Waals surface area contributed by atoms with Gasteiger partial charge in [-0.25, -0.2) is 8.42 Å². The first kappa shape index (κ1) is 31.2. The SMILES string of the molecule is CCCNC(=O)[C@H](Cc1ccccc1)N(Cc1ccccc1)C(=O)CCCN(c1cc(Cl)ccc1C)S(C)(=O)=O. The molecule has 3 rings (SSSR count). The predicted molar refractivity (Wildman–Crippen MR) is 162 cm³/mol. The lowest BCUT2D eigenvalue weighted by Crippen LogP contribution is -2.50. The van der Waals surface area contributed by atoms with Gasteiger partial charge in [0.2, 0.25) is 21.8 Å². The van der Waals surface area contributed by atoms with E-state index in [0.717, 1.165) is 29.4 Å². The average Bonchev–Trinajstić information content (AvgIpc) is 2.93. The Balaban J connectivity index is 1.86. The van der Waals surface area contributed by atoms with E-state index in [-0.39, 0.29) is 37.7 Å². The van der Waals surface area contributed by atoms with E-state index in [1.54, 1.807) is 23.1 Å². The number of nitrogens with zero attached hydrogens (tertiary/aromatic N) is 2. The van der Waals surface area contributed by atoms with Crippen LogP contribution in [0.5, 0.6) is 0 Å². The fourth-order valence-electron chi connectivity index (χ4n) is 4.53. The molecule has 0 heterocycles. The topological polar surface area (TPSA) is 86.8 Å². The first-order valence-electron chi connectivity index (χ1n) is 13.5. The van der Waals surface area contributed by atoms with Crippen LogP contribution < -0.4 is 9.62 Å². The number of amides is 2. The summed E-state index contributed by atoms with van der Waals surface area (Å²) in [6.07, 6.45) is 2.64. The highest BCUT2D eigenvalue weighted by Crippen LogP contribution is 2.27. The fraction of sp³-hybridized carbons (Fsp3) is 0.355. The largest absolute Gasteiger partial charge is 0.354 e.